The first-order valence-corrected chi connectivity index (χ1v) is 6.01. The molecule has 0 aliphatic rings. The first kappa shape index (κ1) is 13.1. The summed E-state index contributed by atoms with van der Waals surface area (Å²) in [4.78, 5) is -1.25. The Hall–Kier alpha value is -0.990. The van der Waals surface area contributed by atoms with Crippen molar-refractivity contribution in [3.05, 3.63) is 30.1 Å². The molecule has 16 heavy (non-hydrogen) atoms. The first-order valence-electron chi connectivity index (χ1n) is 3.96. The molecule has 92 valence electrons. The van der Waals surface area contributed by atoms with Crippen LogP contribution < -0.4 is 0 Å². The van der Waals surface area contributed by atoms with Crippen LogP contribution in [0.4, 0.5) is 17.6 Å². The van der Waals surface area contributed by atoms with Gasteiger partial charge in [-0.05, 0) is 12.1 Å². The summed E-state index contributed by atoms with van der Waals surface area (Å²) in [6.07, 6.45) is -5.09. The Bertz CT molecular complexity index is 463. The van der Waals surface area contributed by atoms with E-state index in [1.807, 2.05) is 0 Å². The maximum Gasteiger partial charge on any atom is 0.403 e. The van der Waals surface area contributed by atoms with Crippen LogP contribution in [0.15, 0.2) is 29.2 Å². The first-order chi connectivity index (χ1) is 7.00. The van der Waals surface area contributed by atoms with Crippen LogP contribution >= 0.6 is 0 Å². The van der Waals surface area contributed by atoms with Crippen molar-refractivity contribution in [1.29, 1.82) is 0 Å². The van der Waals surface area contributed by atoms with E-state index in [4.69, 9.17) is 9.11 Å². The maximum atomic E-state index is 13.0. The van der Waals surface area contributed by atoms with Crippen LogP contribution in [0.25, 0.3) is 0 Å². The quantitative estimate of drug-likeness (QED) is 0.803. The molecule has 0 aliphatic carbocycles. The van der Waals surface area contributed by atoms with Gasteiger partial charge in [-0.2, -0.15) is 13.2 Å². The van der Waals surface area contributed by atoms with Gasteiger partial charge in [-0.3, -0.25) is 0 Å². The van der Waals surface area contributed by atoms with E-state index in [0.29, 0.717) is 12.1 Å². The third kappa shape index (κ3) is 3.00. The van der Waals surface area contributed by atoms with Gasteiger partial charge >= 0.3 is 6.18 Å². The molecule has 0 aromatic heterocycles. The lowest BCUT2D eigenvalue weighted by Gasteiger charge is -2.31. The van der Waals surface area contributed by atoms with Gasteiger partial charge in [0.2, 0.25) is 0 Å². The molecule has 0 saturated carbocycles. The van der Waals surface area contributed by atoms with Crippen molar-refractivity contribution >= 4 is 9.63 Å². The lowest BCUT2D eigenvalue weighted by molar-refractivity contribution is -0.109. The standard InChI is InChI=1S/C8H8F4O3S/c9-6-3-1-2-4-7(6)16(13,14,15)5-8(10,11)12/h1-4H,5H2,(H2,13,14,15). The Morgan fingerprint density at radius 3 is 2.12 bits per heavy atom. The van der Waals surface area contributed by atoms with Crippen molar-refractivity contribution in [2.75, 3.05) is 5.75 Å². The van der Waals surface area contributed by atoms with Gasteiger partial charge in [0.1, 0.15) is 21.2 Å². The van der Waals surface area contributed by atoms with Crippen molar-refractivity contribution in [3.8, 4) is 0 Å². The van der Waals surface area contributed by atoms with E-state index in [1.165, 1.54) is 0 Å². The lowest BCUT2D eigenvalue weighted by atomic mass is 10.3. The van der Waals surface area contributed by atoms with Crippen LogP contribution in [0.3, 0.4) is 0 Å². The monoisotopic (exact) mass is 260 g/mol. The van der Waals surface area contributed by atoms with Crippen LogP contribution in [-0.4, -0.2) is 25.2 Å². The summed E-state index contributed by atoms with van der Waals surface area (Å²) in [7, 11) is -6.22. The normalized spacial score (nSPS) is 15.5. The minimum Gasteiger partial charge on any atom is -0.304 e. The molecule has 0 fully saturated rings. The van der Waals surface area contributed by atoms with Crippen molar-refractivity contribution < 1.29 is 30.9 Å². The van der Waals surface area contributed by atoms with E-state index in [-0.39, 0.29) is 0 Å². The van der Waals surface area contributed by atoms with E-state index >= 15 is 0 Å². The fourth-order valence-corrected chi connectivity index (χ4v) is 2.71. The molecule has 1 aromatic carbocycles. The summed E-state index contributed by atoms with van der Waals surface area (Å²) in [6, 6.07) is 3.49. The second-order valence-corrected chi connectivity index (χ2v) is 5.97. The third-order valence-electron chi connectivity index (χ3n) is 1.70. The van der Waals surface area contributed by atoms with E-state index in [1.54, 1.807) is 0 Å². The molecule has 0 radical (unpaired) electrons. The molecule has 0 bridgehead atoms. The number of hydrogen-bond acceptors (Lipinski definition) is 1. The predicted molar refractivity (Wildman–Crippen MR) is 49.0 cm³/mol. The van der Waals surface area contributed by atoms with Gasteiger partial charge < -0.3 is 9.11 Å². The number of benzene rings is 1. The van der Waals surface area contributed by atoms with Crippen molar-refractivity contribution in [1.82, 2.24) is 0 Å². The van der Waals surface area contributed by atoms with Gasteiger partial charge in [0, 0.05) is 0 Å². The second-order valence-electron chi connectivity index (χ2n) is 3.21. The van der Waals surface area contributed by atoms with Gasteiger partial charge in [0.25, 0.3) is 0 Å². The van der Waals surface area contributed by atoms with Crippen LogP contribution in [0, 0.1) is 5.82 Å². The number of alkyl halides is 3. The maximum absolute atomic E-state index is 13.0. The van der Waals surface area contributed by atoms with Crippen LogP contribution in [0.5, 0.6) is 0 Å². The smallest absolute Gasteiger partial charge is 0.304 e. The predicted octanol–water partition coefficient (Wildman–Crippen LogP) is 2.51. The third-order valence-corrected chi connectivity index (χ3v) is 3.77. The van der Waals surface area contributed by atoms with E-state index < -0.39 is 32.3 Å². The second kappa shape index (κ2) is 3.51. The van der Waals surface area contributed by atoms with E-state index in [0.717, 1.165) is 12.1 Å². The minimum absolute atomic E-state index is 0.635. The molecule has 1 aromatic rings. The molecule has 0 spiro atoms. The van der Waals surface area contributed by atoms with Gasteiger partial charge in [0.05, 0.1) is 4.90 Å². The van der Waals surface area contributed by atoms with Crippen molar-refractivity contribution in [3.63, 3.8) is 0 Å². The summed E-state index contributed by atoms with van der Waals surface area (Å²) in [6.45, 7) is 0. The number of hydrogen-bond donors (Lipinski definition) is 2. The molecule has 0 heterocycles. The largest absolute Gasteiger partial charge is 0.403 e. The molecule has 0 unspecified atom stereocenters. The summed E-state index contributed by atoms with van der Waals surface area (Å²) >= 11 is 0. The van der Waals surface area contributed by atoms with Crippen molar-refractivity contribution in [2.45, 2.75) is 11.1 Å². The topological polar surface area (TPSA) is 57.5 Å². The molecule has 8 heteroatoms. The molecule has 0 atom stereocenters. The van der Waals surface area contributed by atoms with Gasteiger partial charge in [-0.25, -0.2) is 8.60 Å². The van der Waals surface area contributed by atoms with Gasteiger partial charge in [-0.15, -0.1) is 0 Å². The molecular formula is C8H8F4O3S. The summed E-state index contributed by atoms with van der Waals surface area (Å²) in [5, 5.41) is 0. The van der Waals surface area contributed by atoms with Crippen LogP contribution in [-0.2, 0) is 9.63 Å². The lowest BCUT2D eigenvalue weighted by Crippen LogP contribution is -2.42. The summed E-state index contributed by atoms with van der Waals surface area (Å²) in [5.74, 6) is -3.76. The fraction of sp³-hybridized carbons (Fsp3) is 0.250. The molecule has 0 saturated heterocycles. The van der Waals surface area contributed by atoms with E-state index in [2.05, 4.69) is 0 Å². The summed E-state index contributed by atoms with van der Waals surface area (Å²) < 4.78 is 78.6. The highest BCUT2D eigenvalue weighted by atomic mass is 32.3. The molecule has 1 rings (SSSR count). The zero-order chi connectivity index (χ0) is 12.6. The molecular weight excluding hydrogens is 252 g/mol. The minimum atomic E-state index is -6.22. The molecule has 0 amide bonds. The highest BCUT2D eigenvalue weighted by Gasteiger charge is 2.47. The fourth-order valence-electron chi connectivity index (χ4n) is 1.15. The Morgan fingerprint density at radius 2 is 1.69 bits per heavy atom. The zero-order valence-corrected chi connectivity index (χ0v) is 8.56. The Balaban J connectivity index is 3.30. The average molecular weight is 260 g/mol. The molecule has 2 N–H and O–H groups in total. The Labute approximate surface area is 88.1 Å². The van der Waals surface area contributed by atoms with Crippen LogP contribution in [0.1, 0.15) is 0 Å². The number of halogens is 4. The van der Waals surface area contributed by atoms with E-state index in [9.17, 15) is 21.8 Å². The molecule has 0 aliphatic heterocycles. The van der Waals surface area contributed by atoms with Crippen LogP contribution in [0.2, 0.25) is 0 Å². The summed E-state index contributed by atoms with van der Waals surface area (Å²) in [5.41, 5.74) is 0. The number of rotatable bonds is 2. The highest BCUT2D eigenvalue weighted by Crippen LogP contribution is 2.36. The highest BCUT2D eigenvalue weighted by molar-refractivity contribution is 8.10. The van der Waals surface area contributed by atoms with Gasteiger partial charge in [-0.1, -0.05) is 12.1 Å². The Morgan fingerprint density at radius 1 is 1.19 bits per heavy atom. The zero-order valence-electron chi connectivity index (χ0n) is 7.74. The average Bonchev–Trinajstić information content (AvgIpc) is 1.98. The Kier molecular flexibility index (Phi) is 2.86. The SMILES string of the molecule is O=S(O)(O)(CC(F)(F)F)c1ccccc1F. The van der Waals surface area contributed by atoms with Crippen molar-refractivity contribution in [2.24, 2.45) is 0 Å². The molecule has 3 nitrogen and oxygen atoms in total. The van der Waals surface area contributed by atoms with Gasteiger partial charge in [0.15, 0.2) is 0 Å².